The molecule has 10 aromatic carbocycles. The van der Waals surface area contributed by atoms with E-state index in [1.165, 1.54) is 147 Å². The van der Waals surface area contributed by atoms with Crippen molar-refractivity contribution in [2.24, 2.45) is 35.2 Å². The molecule has 616 valence electrons. The molecule has 5 aromatic heterocycles. The van der Waals surface area contributed by atoms with Crippen LogP contribution < -0.4 is 22.8 Å². The first kappa shape index (κ1) is 72.9. The maximum atomic E-state index is 8.20. The second kappa shape index (κ2) is 40.8. The van der Waals surface area contributed by atoms with Gasteiger partial charge in [-0.05, 0) is 305 Å². The molecule has 0 saturated carbocycles. The Kier molecular flexibility index (Phi) is 24.6. The van der Waals surface area contributed by atoms with Crippen LogP contribution in [-0.2, 0) is 73.7 Å². The van der Waals surface area contributed by atoms with Gasteiger partial charge in [0.2, 0.25) is 28.5 Å². The average Bonchev–Trinajstić information content (AvgIpc) is 0.756. The summed E-state index contributed by atoms with van der Waals surface area (Å²) >= 11 is 0. The summed E-state index contributed by atoms with van der Waals surface area (Å²) in [6.45, 7) is 28.1. The Labute approximate surface area is 745 Å². The Morgan fingerprint density at radius 3 is 0.727 bits per heavy atom. The lowest BCUT2D eigenvalue weighted by Gasteiger charge is -2.13. The second-order valence-corrected chi connectivity index (χ2v) is 32.4. The molecule has 121 heavy (non-hydrogen) atoms. The number of hydrogen-bond donors (Lipinski definition) is 0. The molecule has 0 bridgehead atoms. The molecule has 0 aliphatic heterocycles. The molecule has 5 heterocycles. The monoisotopic (exact) mass is 1610 g/mol. The number of aryl methyl sites for hydroxylation is 25. The SMILES string of the molecule is CCc1c[n+](C)c(-c2cc(-c3ccccc3)c(C)cc2C)cc1C.CCc1cc(-c2cc(-c3ccccc3)c(C)cc2C)[n+](C)cc1C.CCc1cc(-c2cc(-c3ccccc3)c(C)cc2C)[n+](C)cc1CC.[2H]C([2H])([2H])c1cc(C)c(-c2cc(C([2H])([2H])C)c(C([2H])([2H])[2H])c[n+]2C)cc1-c1ccccc1.[2H]C([2H])([2H])c1cc(C)c(-c2cc(C)c(C([2H])([2H])C)c[n+]2C)cc1-c1ccccc1. The van der Waals surface area contributed by atoms with E-state index in [1.807, 2.05) is 104 Å². The summed E-state index contributed by atoms with van der Waals surface area (Å²) in [6, 6.07) is 82.5. The lowest BCUT2D eigenvalue weighted by molar-refractivity contribution is -0.661. The average molecular weight is 1610 g/mol. The molecule has 5 heteroatoms. The Balaban J connectivity index is 0.000000162. The zero-order valence-electron chi connectivity index (χ0n) is 88.5. The number of benzene rings is 10. The molecule has 0 amide bonds. The number of rotatable bonds is 16. The van der Waals surface area contributed by atoms with E-state index in [1.54, 1.807) is 49.7 Å². The maximum Gasteiger partial charge on any atom is 0.212 e. The Morgan fingerprint density at radius 2 is 0.430 bits per heavy atom. The number of pyridine rings is 5. The highest BCUT2D eigenvalue weighted by atomic mass is 14.9. The molecule has 0 spiro atoms. The van der Waals surface area contributed by atoms with Crippen LogP contribution >= 0.6 is 0 Å². The van der Waals surface area contributed by atoms with Crippen LogP contribution in [0, 0.1) is 96.7 Å². The highest BCUT2D eigenvalue weighted by molar-refractivity contribution is 5.81. The topological polar surface area (TPSA) is 19.4 Å². The molecule has 0 fully saturated rings. The molecular formula is C116H132N5+5. The summed E-state index contributed by atoms with van der Waals surface area (Å²) < 4.78 is 114. The van der Waals surface area contributed by atoms with Crippen molar-refractivity contribution >= 4 is 0 Å². The molecule has 15 aromatic rings. The molecule has 0 aliphatic rings. The summed E-state index contributed by atoms with van der Waals surface area (Å²) in [5.41, 5.74) is 41.8. The van der Waals surface area contributed by atoms with Crippen LogP contribution in [0.25, 0.3) is 112 Å². The molecule has 0 radical (unpaired) electrons. The third kappa shape index (κ3) is 21.0. The first-order valence-corrected chi connectivity index (χ1v) is 42.5. The molecule has 0 saturated heterocycles. The quantitative estimate of drug-likeness (QED) is 0.0859. The predicted molar refractivity (Wildman–Crippen MR) is 515 cm³/mol. The van der Waals surface area contributed by atoms with Gasteiger partial charge in [0.15, 0.2) is 31.0 Å². The minimum absolute atomic E-state index is 0.0451. The second-order valence-electron chi connectivity index (χ2n) is 32.4. The van der Waals surface area contributed by atoms with E-state index in [2.05, 4.69) is 282 Å². The summed E-state index contributed by atoms with van der Waals surface area (Å²) in [5.74, 6) is 0. The molecule has 0 N–H and O–H groups in total. The first-order chi connectivity index (χ1) is 63.1. The molecule has 0 atom stereocenters. The van der Waals surface area contributed by atoms with Gasteiger partial charge in [0.05, 0.1) is 0 Å². The summed E-state index contributed by atoms with van der Waals surface area (Å²) in [6.07, 6.45) is 11.1. The van der Waals surface area contributed by atoms with Crippen molar-refractivity contribution in [2.45, 2.75) is 177 Å². The molecule has 5 nitrogen and oxygen atoms in total. The van der Waals surface area contributed by atoms with Gasteiger partial charge < -0.3 is 0 Å². The van der Waals surface area contributed by atoms with Gasteiger partial charge in [-0.3, -0.25) is 0 Å². The summed E-state index contributed by atoms with van der Waals surface area (Å²) in [7, 11) is 10.1. The van der Waals surface area contributed by atoms with E-state index in [4.69, 9.17) is 17.8 Å². The number of hydrogen-bond acceptors (Lipinski definition) is 0. The molecule has 15 rings (SSSR count). The van der Waals surface area contributed by atoms with Crippen LogP contribution in [0.3, 0.4) is 0 Å². The van der Waals surface area contributed by atoms with Gasteiger partial charge in [-0.25, -0.2) is 22.8 Å². The standard InChI is InChI=1S/C24H28N.4C23H26N/c1-6-19-14-24(25(5)16-20(19)7-2)23-15-22(17(3)13-18(23)4)21-11-9-8-10-12-21;2*1-6-19-15-24(5)23(13-16(19)2)22-14-21(17(3)12-18(22)4)20-10-8-7-9-11-20;2*1-6-19-13-23(24(5)15-18(19)4)22-14-21(16(2)12-17(22)3)20-10-8-7-9-11-20/h8-16H,6-7H2,1-5H3;4*7-15H,6H2,1-5H3/q5*+1/i;3D3,6D2;;2D3,4D3,6D2;. The predicted octanol–water partition coefficient (Wildman–Crippen LogP) is 26.9. The molecular weight excluding hydrogens is 1460 g/mol. The van der Waals surface area contributed by atoms with Crippen molar-refractivity contribution in [2.75, 3.05) is 0 Å². The van der Waals surface area contributed by atoms with Crippen LogP contribution in [0.15, 0.2) is 274 Å². The van der Waals surface area contributed by atoms with Gasteiger partial charge in [-0.1, -0.05) is 224 Å². The fraction of sp³-hybridized carbons (Fsp3) is 0.267. The van der Waals surface area contributed by atoms with Crippen molar-refractivity contribution in [3.8, 4) is 112 Å². The van der Waals surface area contributed by atoms with E-state index in [9.17, 15) is 0 Å². The van der Waals surface area contributed by atoms with E-state index < -0.39 is 33.3 Å². The normalized spacial score (nSPS) is 13.0. The third-order valence-corrected chi connectivity index (χ3v) is 23.7. The van der Waals surface area contributed by atoms with Gasteiger partial charge in [0, 0.05) is 104 Å². The zero-order chi connectivity index (χ0) is 98.1. The lowest BCUT2D eigenvalue weighted by atomic mass is 9.92. The molecule has 0 unspecified atom stereocenters. The zero-order valence-corrected chi connectivity index (χ0v) is 75.5. The van der Waals surface area contributed by atoms with E-state index in [0.29, 0.717) is 39.1 Å². The van der Waals surface area contributed by atoms with Crippen LogP contribution in [0.2, 0.25) is 0 Å². The summed E-state index contributed by atoms with van der Waals surface area (Å²) in [4.78, 5) is 0. The minimum atomic E-state index is -2.47. The van der Waals surface area contributed by atoms with Crippen LogP contribution in [0.5, 0.6) is 0 Å². The van der Waals surface area contributed by atoms with Gasteiger partial charge in [-0.2, -0.15) is 0 Å². The van der Waals surface area contributed by atoms with E-state index in [0.717, 1.165) is 59.2 Å². The number of aromatic nitrogens is 5. The van der Waals surface area contributed by atoms with Gasteiger partial charge in [-0.15, -0.1) is 0 Å². The smallest absolute Gasteiger partial charge is 0.201 e. The van der Waals surface area contributed by atoms with Crippen molar-refractivity contribution in [3.05, 3.63) is 385 Å². The van der Waals surface area contributed by atoms with E-state index in [-0.39, 0.29) is 16.7 Å². The third-order valence-electron chi connectivity index (χ3n) is 23.7. The Hall–Kier alpha value is -12.1. The van der Waals surface area contributed by atoms with Crippen LogP contribution in [0.4, 0.5) is 0 Å². The van der Waals surface area contributed by atoms with Crippen molar-refractivity contribution < 1.29 is 40.7 Å². The molecule has 0 aliphatic carbocycles. The van der Waals surface area contributed by atoms with Crippen molar-refractivity contribution in [1.82, 2.24) is 0 Å². The van der Waals surface area contributed by atoms with Crippen molar-refractivity contribution in [1.29, 1.82) is 0 Å². The Morgan fingerprint density at radius 1 is 0.198 bits per heavy atom. The first-order valence-electron chi connectivity index (χ1n) is 49.0. The van der Waals surface area contributed by atoms with Gasteiger partial charge in [0.25, 0.3) is 0 Å². The fourth-order valence-corrected chi connectivity index (χ4v) is 16.8. The van der Waals surface area contributed by atoms with Crippen molar-refractivity contribution in [3.63, 3.8) is 0 Å². The summed E-state index contributed by atoms with van der Waals surface area (Å²) in [5, 5.41) is 0. The van der Waals surface area contributed by atoms with Crippen LogP contribution in [0.1, 0.15) is 171 Å². The maximum absolute atomic E-state index is 8.20. The van der Waals surface area contributed by atoms with Crippen LogP contribution in [-0.4, -0.2) is 0 Å². The van der Waals surface area contributed by atoms with Gasteiger partial charge >= 0.3 is 0 Å². The minimum Gasteiger partial charge on any atom is -0.201 e. The fourth-order valence-electron chi connectivity index (χ4n) is 16.8. The lowest BCUT2D eigenvalue weighted by Crippen LogP contribution is -2.32. The van der Waals surface area contributed by atoms with Gasteiger partial charge in [0.1, 0.15) is 35.2 Å². The number of nitrogens with zero attached hydrogens (tertiary/aromatic N) is 5. The Bertz CT molecular complexity index is 6730. The highest BCUT2D eigenvalue weighted by Crippen LogP contribution is 2.38. The largest absolute Gasteiger partial charge is 0.212 e. The van der Waals surface area contributed by atoms with E-state index >= 15 is 0 Å². The highest BCUT2D eigenvalue weighted by Gasteiger charge is 2.24.